The molecule has 3 rings (SSSR count). The molecule has 8 nitrogen and oxygen atoms in total. The molecule has 0 radical (unpaired) electrons. The SMILES string of the molecule is CC(C)(C#N)NC(=O)c1cc(NC(=O)Cc2ccc3cn[nH]c3c2)ccn1. The maximum absolute atomic E-state index is 12.3. The minimum atomic E-state index is -1.01. The second-order valence-corrected chi connectivity index (χ2v) is 6.64. The van der Waals surface area contributed by atoms with Gasteiger partial charge >= 0.3 is 0 Å². The van der Waals surface area contributed by atoms with Gasteiger partial charge in [0.15, 0.2) is 0 Å². The number of amides is 2. The van der Waals surface area contributed by atoms with Crippen LogP contribution in [-0.4, -0.2) is 32.5 Å². The quantitative estimate of drug-likeness (QED) is 0.642. The molecule has 1 aromatic carbocycles. The van der Waals surface area contributed by atoms with E-state index in [-0.39, 0.29) is 18.0 Å². The molecule has 0 saturated carbocycles. The third-order valence-corrected chi connectivity index (χ3v) is 3.85. The number of benzene rings is 1. The zero-order valence-corrected chi connectivity index (χ0v) is 14.9. The van der Waals surface area contributed by atoms with E-state index in [1.807, 2.05) is 24.3 Å². The Morgan fingerprint density at radius 3 is 2.85 bits per heavy atom. The number of rotatable bonds is 5. The van der Waals surface area contributed by atoms with Crippen LogP contribution in [0.4, 0.5) is 5.69 Å². The number of carbonyl (C=O) groups is 2. The van der Waals surface area contributed by atoms with Gasteiger partial charge in [0.25, 0.3) is 5.91 Å². The largest absolute Gasteiger partial charge is 0.333 e. The zero-order chi connectivity index (χ0) is 19.4. The number of carbonyl (C=O) groups excluding carboxylic acids is 2. The molecule has 2 aromatic heterocycles. The average molecular weight is 362 g/mol. The molecular formula is C19H18N6O2. The summed E-state index contributed by atoms with van der Waals surface area (Å²) in [6.07, 6.45) is 3.33. The van der Waals surface area contributed by atoms with Crippen LogP contribution in [0.1, 0.15) is 29.9 Å². The zero-order valence-electron chi connectivity index (χ0n) is 14.9. The van der Waals surface area contributed by atoms with Crippen LogP contribution in [0.5, 0.6) is 0 Å². The number of anilines is 1. The van der Waals surface area contributed by atoms with E-state index in [2.05, 4.69) is 25.8 Å². The van der Waals surface area contributed by atoms with E-state index < -0.39 is 11.4 Å². The van der Waals surface area contributed by atoms with Crippen molar-refractivity contribution in [3.05, 3.63) is 54.0 Å². The average Bonchev–Trinajstić information content (AvgIpc) is 3.09. The highest BCUT2D eigenvalue weighted by Crippen LogP contribution is 2.15. The van der Waals surface area contributed by atoms with Crippen LogP contribution in [-0.2, 0) is 11.2 Å². The van der Waals surface area contributed by atoms with Crippen molar-refractivity contribution in [3.63, 3.8) is 0 Å². The summed E-state index contributed by atoms with van der Waals surface area (Å²) in [6.45, 7) is 3.18. The molecule has 0 aliphatic rings. The number of H-pyrrole nitrogens is 1. The predicted molar refractivity (Wildman–Crippen MR) is 99.8 cm³/mol. The smallest absolute Gasteiger partial charge is 0.271 e. The molecule has 3 N–H and O–H groups in total. The Morgan fingerprint density at radius 1 is 1.26 bits per heavy atom. The molecule has 0 bridgehead atoms. The number of hydrogen-bond acceptors (Lipinski definition) is 5. The summed E-state index contributed by atoms with van der Waals surface area (Å²) in [7, 11) is 0. The Kier molecular flexibility index (Phi) is 4.86. The number of nitrogens with one attached hydrogen (secondary N) is 3. The molecule has 27 heavy (non-hydrogen) atoms. The first-order chi connectivity index (χ1) is 12.9. The fourth-order valence-electron chi connectivity index (χ4n) is 2.49. The summed E-state index contributed by atoms with van der Waals surface area (Å²) in [5.74, 6) is -0.703. The van der Waals surface area contributed by atoms with Gasteiger partial charge in [0.05, 0.1) is 24.2 Å². The van der Waals surface area contributed by atoms with Gasteiger partial charge in [0, 0.05) is 17.3 Å². The number of fused-ring (bicyclic) bond motifs is 1. The normalized spacial score (nSPS) is 11.0. The van der Waals surface area contributed by atoms with Crippen LogP contribution in [0.3, 0.4) is 0 Å². The lowest BCUT2D eigenvalue weighted by molar-refractivity contribution is -0.115. The predicted octanol–water partition coefficient (Wildman–Crippen LogP) is 2.17. The van der Waals surface area contributed by atoms with Gasteiger partial charge in [-0.3, -0.25) is 19.7 Å². The number of aromatic amines is 1. The second-order valence-electron chi connectivity index (χ2n) is 6.64. The number of hydrogen-bond donors (Lipinski definition) is 3. The molecule has 3 aromatic rings. The van der Waals surface area contributed by atoms with Crippen molar-refractivity contribution < 1.29 is 9.59 Å². The Bertz CT molecular complexity index is 1050. The van der Waals surface area contributed by atoms with Gasteiger partial charge in [-0.15, -0.1) is 0 Å². The molecular weight excluding hydrogens is 344 g/mol. The summed E-state index contributed by atoms with van der Waals surface area (Å²) in [4.78, 5) is 28.5. The van der Waals surface area contributed by atoms with Crippen LogP contribution in [0.2, 0.25) is 0 Å². The minimum Gasteiger partial charge on any atom is -0.333 e. The summed E-state index contributed by atoms with van der Waals surface area (Å²) in [5, 5.41) is 22.1. The molecule has 136 valence electrons. The Morgan fingerprint density at radius 2 is 2.07 bits per heavy atom. The number of pyridine rings is 1. The summed E-state index contributed by atoms with van der Waals surface area (Å²) in [6, 6.07) is 10.7. The van der Waals surface area contributed by atoms with E-state index in [1.54, 1.807) is 26.1 Å². The fourth-order valence-corrected chi connectivity index (χ4v) is 2.49. The molecule has 0 aliphatic carbocycles. The monoisotopic (exact) mass is 362 g/mol. The van der Waals surface area contributed by atoms with Crippen molar-refractivity contribution in [1.29, 1.82) is 5.26 Å². The van der Waals surface area contributed by atoms with Gasteiger partial charge in [0.2, 0.25) is 5.91 Å². The second kappa shape index (κ2) is 7.25. The molecule has 2 amide bonds. The Labute approximate surface area is 155 Å². The van der Waals surface area contributed by atoms with Crippen LogP contribution in [0, 0.1) is 11.3 Å². The maximum atomic E-state index is 12.3. The molecule has 2 heterocycles. The van der Waals surface area contributed by atoms with E-state index in [0.717, 1.165) is 16.5 Å². The Hall–Kier alpha value is -3.73. The van der Waals surface area contributed by atoms with Crippen LogP contribution < -0.4 is 10.6 Å². The van der Waals surface area contributed by atoms with Crippen molar-refractivity contribution in [1.82, 2.24) is 20.5 Å². The molecule has 8 heteroatoms. The van der Waals surface area contributed by atoms with Crippen molar-refractivity contribution in [2.75, 3.05) is 5.32 Å². The van der Waals surface area contributed by atoms with Crippen LogP contribution in [0.15, 0.2) is 42.7 Å². The molecule has 0 unspecified atom stereocenters. The van der Waals surface area contributed by atoms with Gasteiger partial charge in [0.1, 0.15) is 11.2 Å². The van der Waals surface area contributed by atoms with Crippen molar-refractivity contribution in [3.8, 4) is 6.07 Å². The molecule has 0 aliphatic heterocycles. The lowest BCUT2D eigenvalue weighted by Gasteiger charge is -2.17. The lowest BCUT2D eigenvalue weighted by Crippen LogP contribution is -2.42. The number of nitriles is 1. The van der Waals surface area contributed by atoms with E-state index in [9.17, 15) is 9.59 Å². The topological polar surface area (TPSA) is 124 Å². The third kappa shape index (κ3) is 4.46. The van der Waals surface area contributed by atoms with E-state index in [1.165, 1.54) is 12.3 Å². The molecule has 0 spiro atoms. The first-order valence-corrected chi connectivity index (χ1v) is 8.28. The lowest BCUT2D eigenvalue weighted by atomic mass is 10.1. The van der Waals surface area contributed by atoms with E-state index in [0.29, 0.717) is 5.69 Å². The Balaban J connectivity index is 1.67. The van der Waals surface area contributed by atoms with Gasteiger partial charge in [-0.25, -0.2) is 0 Å². The standard InChI is InChI=1S/C19H18N6O2/c1-19(2,11-20)24-18(27)16-9-14(5-6-21-16)23-17(26)8-12-3-4-13-10-22-25-15(13)7-12/h3-7,9-10H,8H2,1-2H3,(H,22,25)(H,24,27)(H,21,23,26). The van der Waals surface area contributed by atoms with Crippen LogP contribution >= 0.6 is 0 Å². The van der Waals surface area contributed by atoms with Crippen molar-refractivity contribution in [2.45, 2.75) is 25.8 Å². The first kappa shape index (κ1) is 18.1. The fraction of sp³-hybridized carbons (Fsp3) is 0.211. The highest BCUT2D eigenvalue weighted by molar-refractivity contribution is 5.96. The third-order valence-electron chi connectivity index (χ3n) is 3.85. The summed E-state index contributed by atoms with van der Waals surface area (Å²) < 4.78 is 0. The van der Waals surface area contributed by atoms with E-state index >= 15 is 0 Å². The molecule has 0 saturated heterocycles. The van der Waals surface area contributed by atoms with Gasteiger partial charge in [-0.2, -0.15) is 10.4 Å². The highest BCUT2D eigenvalue weighted by Gasteiger charge is 2.21. The summed E-state index contributed by atoms with van der Waals surface area (Å²) in [5.41, 5.74) is 1.27. The first-order valence-electron chi connectivity index (χ1n) is 8.28. The van der Waals surface area contributed by atoms with Crippen LogP contribution in [0.25, 0.3) is 10.9 Å². The number of nitrogens with zero attached hydrogens (tertiary/aromatic N) is 3. The van der Waals surface area contributed by atoms with E-state index in [4.69, 9.17) is 5.26 Å². The van der Waals surface area contributed by atoms with Crippen molar-refractivity contribution >= 4 is 28.4 Å². The minimum absolute atomic E-state index is 0.120. The van der Waals surface area contributed by atoms with Gasteiger partial charge in [-0.1, -0.05) is 12.1 Å². The van der Waals surface area contributed by atoms with Crippen molar-refractivity contribution in [2.24, 2.45) is 0 Å². The number of aromatic nitrogens is 3. The summed E-state index contributed by atoms with van der Waals surface area (Å²) >= 11 is 0. The molecule has 0 fully saturated rings. The van der Waals surface area contributed by atoms with Gasteiger partial charge < -0.3 is 10.6 Å². The highest BCUT2D eigenvalue weighted by atomic mass is 16.2. The maximum Gasteiger partial charge on any atom is 0.271 e. The molecule has 0 atom stereocenters. The van der Waals surface area contributed by atoms with Gasteiger partial charge in [-0.05, 0) is 37.6 Å².